The lowest BCUT2D eigenvalue weighted by atomic mass is 9.77. The highest BCUT2D eigenvalue weighted by atomic mass is 16.4. The molecule has 0 saturated heterocycles. The van der Waals surface area contributed by atoms with Gasteiger partial charge in [-0.15, -0.1) is 0 Å². The van der Waals surface area contributed by atoms with Gasteiger partial charge in [0.25, 0.3) is 0 Å². The molecule has 2 unspecified atom stereocenters. The van der Waals surface area contributed by atoms with E-state index in [9.17, 15) is 40.2 Å². The number of carboxylic acid groups (broad SMARTS) is 2. The predicted octanol–water partition coefficient (Wildman–Crippen LogP) is -0.511. The summed E-state index contributed by atoms with van der Waals surface area (Å²) in [5.41, 5.74) is 6.27. The Labute approximate surface area is 195 Å². The lowest BCUT2D eigenvalue weighted by molar-refractivity contribution is -0.141. The van der Waals surface area contributed by atoms with Gasteiger partial charge >= 0.3 is 11.9 Å². The Kier molecular flexibility index (Phi) is 8.87. The van der Waals surface area contributed by atoms with E-state index >= 15 is 0 Å². The molecule has 186 valence electrons. The molecule has 0 amide bonds. The first-order chi connectivity index (χ1) is 16.0. The van der Waals surface area contributed by atoms with Crippen LogP contribution in [0.1, 0.15) is 40.1 Å². The zero-order valence-corrected chi connectivity index (χ0v) is 18.9. The fourth-order valence-corrected chi connectivity index (χ4v) is 3.90. The van der Waals surface area contributed by atoms with Gasteiger partial charge in [0, 0.05) is 46.2 Å². The molecule has 9 N–H and O–H groups in total. The van der Waals surface area contributed by atoms with Gasteiger partial charge in [0.1, 0.15) is 11.5 Å². The van der Waals surface area contributed by atoms with Gasteiger partial charge in [-0.25, -0.2) is 0 Å². The van der Waals surface area contributed by atoms with Crippen LogP contribution in [-0.2, 0) is 35.6 Å². The number of pyridine rings is 2. The topological polar surface area (TPSA) is 219 Å². The lowest BCUT2D eigenvalue weighted by Gasteiger charge is -2.40. The second-order valence-corrected chi connectivity index (χ2v) is 8.17. The Bertz CT molecular complexity index is 1060. The summed E-state index contributed by atoms with van der Waals surface area (Å²) >= 11 is 0. The minimum atomic E-state index is -1.64. The zero-order chi connectivity index (χ0) is 25.6. The highest BCUT2D eigenvalue weighted by Crippen LogP contribution is 2.33. The molecule has 2 heterocycles. The first-order valence-electron chi connectivity index (χ1n) is 10.4. The summed E-state index contributed by atoms with van der Waals surface area (Å²) in [7, 11) is 0. The number of aliphatic hydroxyl groups is 2. The predicted molar refractivity (Wildman–Crippen MR) is 119 cm³/mol. The largest absolute Gasteiger partial charge is 0.506 e. The first-order valence-corrected chi connectivity index (χ1v) is 10.4. The maximum absolute atomic E-state index is 11.9. The van der Waals surface area contributed by atoms with Crippen molar-refractivity contribution in [3.63, 3.8) is 0 Å². The van der Waals surface area contributed by atoms with Crippen molar-refractivity contribution in [2.45, 2.75) is 57.9 Å². The molecule has 0 fully saturated rings. The van der Waals surface area contributed by atoms with Gasteiger partial charge in [-0.2, -0.15) is 0 Å². The Hall–Kier alpha value is -3.32. The van der Waals surface area contributed by atoms with Gasteiger partial charge in [-0.05, 0) is 26.7 Å². The molecule has 0 aliphatic heterocycles. The fourth-order valence-electron chi connectivity index (χ4n) is 3.90. The molecule has 2 rings (SSSR count). The van der Waals surface area contributed by atoms with E-state index in [1.54, 1.807) is 6.92 Å². The highest BCUT2D eigenvalue weighted by Gasteiger charge is 2.41. The highest BCUT2D eigenvalue weighted by molar-refractivity contribution is 5.71. The molecule has 2 aromatic rings. The number of aliphatic hydroxyl groups excluding tert-OH is 2. The summed E-state index contributed by atoms with van der Waals surface area (Å²) in [5, 5.41) is 62.3. The molecule has 0 aliphatic rings. The SMILES string of the molecule is Cc1ncc(CO)c(CC(N)C(CC(=O)O)(Cc2c(CO)cnc(C)c2O)NCC(=O)O)c1O. The number of nitrogens with zero attached hydrogens (tertiary/aromatic N) is 2. The number of nitrogens with one attached hydrogen (secondary N) is 1. The molecule has 12 heteroatoms. The van der Waals surface area contributed by atoms with E-state index in [1.807, 2.05) is 0 Å². The summed E-state index contributed by atoms with van der Waals surface area (Å²) in [6.07, 6.45) is 1.64. The van der Waals surface area contributed by atoms with Crippen LogP contribution < -0.4 is 11.1 Å². The third kappa shape index (κ3) is 5.97. The van der Waals surface area contributed by atoms with Crippen molar-refractivity contribution in [1.29, 1.82) is 0 Å². The second-order valence-electron chi connectivity index (χ2n) is 8.17. The van der Waals surface area contributed by atoms with Crippen LogP contribution in [0.5, 0.6) is 11.5 Å². The van der Waals surface area contributed by atoms with E-state index in [0.29, 0.717) is 0 Å². The van der Waals surface area contributed by atoms with Gasteiger partial charge in [-0.3, -0.25) is 24.9 Å². The van der Waals surface area contributed by atoms with Crippen LogP contribution in [0.4, 0.5) is 0 Å². The number of aliphatic carboxylic acids is 2. The number of aromatic nitrogens is 2. The Balaban J connectivity index is 2.66. The molecular formula is C22H30N4O8. The van der Waals surface area contributed by atoms with Gasteiger partial charge in [0.05, 0.1) is 37.6 Å². The van der Waals surface area contributed by atoms with E-state index in [0.717, 1.165) is 0 Å². The van der Waals surface area contributed by atoms with Crippen molar-refractivity contribution in [3.8, 4) is 11.5 Å². The second kappa shape index (κ2) is 11.2. The molecule has 34 heavy (non-hydrogen) atoms. The monoisotopic (exact) mass is 478 g/mol. The van der Waals surface area contributed by atoms with Crippen LogP contribution in [0, 0.1) is 13.8 Å². The van der Waals surface area contributed by atoms with E-state index in [1.165, 1.54) is 19.3 Å². The van der Waals surface area contributed by atoms with Crippen LogP contribution >= 0.6 is 0 Å². The van der Waals surface area contributed by atoms with Crippen molar-refractivity contribution < 1.29 is 40.2 Å². The van der Waals surface area contributed by atoms with Gasteiger partial charge in [0.2, 0.25) is 0 Å². The van der Waals surface area contributed by atoms with Crippen LogP contribution in [-0.4, -0.2) is 70.7 Å². The third-order valence-electron chi connectivity index (χ3n) is 5.89. The molecule has 0 radical (unpaired) electrons. The average Bonchev–Trinajstić information content (AvgIpc) is 2.78. The number of hydrogen-bond acceptors (Lipinski definition) is 10. The number of rotatable bonds is 12. The zero-order valence-electron chi connectivity index (χ0n) is 18.9. The van der Waals surface area contributed by atoms with Crippen LogP contribution in [0.25, 0.3) is 0 Å². The number of hydrogen-bond donors (Lipinski definition) is 8. The third-order valence-corrected chi connectivity index (χ3v) is 5.89. The number of aromatic hydroxyl groups is 2. The molecule has 2 atom stereocenters. The summed E-state index contributed by atoms with van der Waals surface area (Å²) in [4.78, 5) is 31.3. The minimum absolute atomic E-state index is 0.149. The summed E-state index contributed by atoms with van der Waals surface area (Å²) < 4.78 is 0. The summed E-state index contributed by atoms with van der Waals surface area (Å²) in [5.74, 6) is -3.05. The number of aryl methyl sites for hydroxylation is 2. The van der Waals surface area contributed by atoms with E-state index < -0.39 is 49.7 Å². The van der Waals surface area contributed by atoms with Crippen molar-refractivity contribution >= 4 is 11.9 Å². The first kappa shape index (κ1) is 26.9. The normalized spacial score (nSPS) is 13.9. The smallest absolute Gasteiger partial charge is 0.317 e. The minimum Gasteiger partial charge on any atom is -0.506 e. The number of carboxylic acids is 2. The summed E-state index contributed by atoms with van der Waals surface area (Å²) in [6, 6.07) is -1.12. The van der Waals surface area contributed by atoms with Gasteiger partial charge in [0.15, 0.2) is 0 Å². The maximum Gasteiger partial charge on any atom is 0.317 e. The lowest BCUT2D eigenvalue weighted by Crippen LogP contribution is -2.62. The molecule has 0 spiro atoms. The number of carbonyl (C=O) groups is 2. The Morgan fingerprint density at radius 3 is 1.94 bits per heavy atom. The molecule has 0 bridgehead atoms. The summed E-state index contributed by atoms with van der Waals surface area (Å²) in [6.45, 7) is 1.45. The van der Waals surface area contributed by atoms with Crippen LogP contribution in [0.2, 0.25) is 0 Å². The molecular weight excluding hydrogens is 448 g/mol. The molecule has 0 aliphatic carbocycles. The van der Waals surface area contributed by atoms with Crippen molar-refractivity contribution in [2.75, 3.05) is 6.54 Å². The number of nitrogens with two attached hydrogens (primary N) is 1. The van der Waals surface area contributed by atoms with Crippen molar-refractivity contribution in [1.82, 2.24) is 15.3 Å². The van der Waals surface area contributed by atoms with Crippen molar-refractivity contribution in [2.24, 2.45) is 5.73 Å². The van der Waals surface area contributed by atoms with Gasteiger partial charge in [-0.1, -0.05) is 0 Å². The molecule has 0 aromatic carbocycles. The van der Waals surface area contributed by atoms with Gasteiger partial charge < -0.3 is 36.4 Å². The molecule has 12 nitrogen and oxygen atoms in total. The standard InChI is InChI=1S/C22H30N4O8/c1-11-20(33)15(13(9-27)6-24-11)3-17(23)22(5-18(29)30,26-8-19(31)32)4-16-14(10-28)7-25-12(2)21(16)34/h6-7,17,26-28,33-34H,3-5,8-10,23H2,1-2H3,(H,29,30)(H,31,32). The Morgan fingerprint density at radius 1 is 0.971 bits per heavy atom. The maximum atomic E-state index is 11.9. The fraction of sp³-hybridized carbons (Fsp3) is 0.455. The molecule has 0 saturated carbocycles. The molecule has 2 aromatic heterocycles. The Morgan fingerprint density at radius 2 is 1.47 bits per heavy atom. The quantitative estimate of drug-likeness (QED) is 0.193. The van der Waals surface area contributed by atoms with E-state index in [4.69, 9.17) is 5.73 Å². The van der Waals surface area contributed by atoms with E-state index in [-0.39, 0.29) is 58.0 Å². The van der Waals surface area contributed by atoms with Crippen molar-refractivity contribution in [3.05, 3.63) is 46.0 Å². The van der Waals surface area contributed by atoms with E-state index in [2.05, 4.69) is 15.3 Å². The van der Waals surface area contributed by atoms with Crippen LogP contribution in [0.3, 0.4) is 0 Å². The van der Waals surface area contributed by atoms with Crippen LogP contribution in [0.15, 0.2) is 12.4 Å². The average molecular weight is 479 g/mol.